The number of hydrogen-bond acceptors (Lipinski definition) is 16. The minimum Gasteiger partial charge on any atom is -0.444 e. The highest BCUT2D eigenvalue weighted by Crippen LogP contribution is 2.33. The Kier molecular flexibility index (Phi) is 23.6. The van der Waals surface area contributed by atoms with Crippen molar-refractivity contribution in [3.63, 3.8) is 0 Å². The smallest absolute Gasteiger partial charge is 0.418 e. The van der Waals surface area contributed by atoms with Gasteiger partial charge < -0.3 is 20.1 Å². The van der Waals surface area contributed by atoms with Gasteiger partial charge in [-0.15, -0.1) is 0 Å². The predicted octanol–water partition coefficient (Wildman–Crippen LogP) is 15.9. The van der Waals surface area contributed by atoms with Gasteiger partial charge >= 0.3 is 24.2 Å². The van der Waals surface area contributed by atoms with Crippen LogP contribution in [0.2, 0.25) is 5.02 Å². The zero-order valence-electron chi connectivity index (χ0n) is 54.2. The van der Waals surface area contributed by atoms with Crippen LogP contribution in [0.4, 0.5) is 51.2 Å². The van der Waals surface area contributed by atoms with E-state index < -0.39 is 23.8 Å². The van der Waals surface area contributed by atoms with Crippen LogP contribution >= 0.6 is 75.3 Å². The summed E-state index contributed by atoms with van der Waals surface area (Å²) in [4.78, 5) is 70.6. The number of urea groups is 2. The highest BCUT2D eigenvalue weighted by atomic mass is 79.9. The van der Waals surface area contributed by atoms with Gasteiger partial charge in [0, 0.05) is 92.2 Å². The number of nitrogens with zero attached hydrogens (tertiary/aromatic N) is 14. The molecule has 522 valence electrons. The first kappa shape index (κ1) is 72.8. The van der Waals surface area contributed by atoms with E-state index in [1.165, 1.54) is 64.3 Å². The van der Waals surface area contributed by atoms with Crippen LogP contribution < -0.4 is 41.4 Å². The van der Waals surface area contributed by atoms with Crippen molar-refractivity contribution >= 4 is 145 Å². The first-order valence-electron chi connectivity index (χ1n) is 30.8. The molecule has 0 unspecified atom stereocenters. The van der Waals surface area contributed by atoms with Gasteiger partial charge in [0.1, 0.15) is 41.5 Å². The molecule has 14 rings (SSSR count). The second kappa shape index (κ2) is 33.4. The van der Waals surface area contributed by atoms with Crippen LogP contribution in [-0.2, 0) is 11.3 Å². The Balaban J connectivity index is 0.000000138. The molecule has 0 aliphatic heterocycles. The molecule has 0 aliphatic rings. The number of anilines is 4. The van der Waals surface area contributed by atoms with Gasteiger partial charge in [-0.2, -0.15) is 38.5 Å². The minimum atomic E-state index is -0.735. The molecule has 10 heterocycles. The highest BCUT2D eigenvalue weighted by Gasteiger charge is 2.21. The molecule has 0 radical (unpaired) electrons. The van der Waals surface area contributed by atoms with Crippen molar-refractivity contribution in [2.24, 2.45) is 0 Å². The summed E-state index contributed by atoms with van der Waals surface area (Å²) in [7, 11) is 0. The molecule has 0 spiro atoms. The van der Waals surface area contributed by atoms with E-state index in [9.17, 15) is 33.2 Å². The molecule has 0 saturated heterocycles. The number of pyridine rings is 2. The van der Waals surface area contributed by atoms with Crippen molar-refractivity contribution in [3.05, 3.63) is 241 Å². The van der Waals surface area contributed by atoms with Crippen molar-refractivity contribution in [2.45, 2.75) is 46.4 Å². The summed E-state index contributed by atoms with van der Waals surface area (Å²) in [5.41, 5.74) is 7.20. The Labute approximate surface area is 622 Å². The maximum Gasteiger partial charge on any atom is 0.418 e. The first-order chi connectivity index (χ1) is 49.6. The lowest BCUT2D eigenvalue weighted by Crippen LogP contribution is -2.34. The third kappa shape index (κ3) is 18.4. The van der Waals surface area contributed by atoms with Crippen molar-refractivity contribution in [2.75, 3.05) is 21.3 Å². The number of fused-ring (bicyclic) bond motifs is 4. The molecular weight excluding hydrogens is 1610 g/mol. The lowest BCUT2D eigenvalue weighted by molar-refractivity contribution is -0.904. The molecule has 14 aromatic rings. The molecule has 10 aromatic heterocycles. The van der Waals surface area contributed by atoms with E-state index >= 15 is 0 Å². The fourth-order valence-electron chi connectivity index (χ4n) is 9.59. The van der Waals surface area contributed by atoms with Crippen molar-refractivity contribution in [1.29, 1.82) is 0 Å². The molecule has 27 nitrogen and oxygen atoms in total. The van der Waals surface area contributed by atoms with Crippen LogP contribution in [0.3, 0.4) is 0 Å². The first-order valence-corrected chi connectivity index (χ1v) is 34.3. The number of ether oxygens (including phenoxy) is 2. The summed E-state index contributed by atoms with van der Waals surface area (Å²) < 4.78 is 48.4. The van der Waals surface area contributed by atoms with Crippen LogP contribution in [0.1, 0.15) is 33.3 Å². The van der Waals surface area contributed by atoms with Gasteiger partial charge in [-0.1, -0.05) is 84.4 Å². The summed E-state index contributed by atoms with van der Waals surface area (Å²) in [6.07, 6.45) is 10.7. The topological polar surface area (TPSA) is 317 Å². The van der Waals surface area contributed by atoms with E-state index in [1.807, 2.05) is 82.3 Å². The van der Waals surface area contributed by atoms with Crippen LogP contribution in [0, 0.1) is 11.6 Å². The van der Waals surface area contributed by atoms with E-state index in [0.29, 0.717) is 82.0 Å². The van der Waals surface area contributed by atoms with E-state index in [1.54, 1.807) is 100 Å². The molecular formula is C69H56Br4ClF2N20O7+. The molecule has 0 bridgehead atoms. The largest absolute Gasteiger partial charge is 0.444 e. The normalized spacial score (nSPS) is 10.9. The van der Waals surface area contributed by atoms with Crippen molar-refractivity contribution in [3.8, 4) is 50.8 Å². The number of aromatic nitrogens is 14. The Hall–Kier alpha value is -11.4. The highest BCUT2D eigenvalue weighted by molar-refractivity contribution is 9.11. The predicted molar refractivity (Wildman–Crippen MR) is 396 cm³/mol. The standard InChI is InChI=1S/C19H13BrFN5O3.C18H11BrFN5O2.C16H15BrClN5O.C16H16BrN5O/c20-14-10-22-26-17(24-19(27)29-11-12-5-7-25(28)8-6-12)9-16(23-18(14)26)13-3-1-2-4-15(13)21;19-13-10-22-25-16(24-18(26)27-11-4-3-7-21-9-11)8-15(23-17(13)25)12-5-1-2-6-14(12)20;1-9(2)20-16(24)22-14-7-13(10-5-3-4-6-12(10)18)21-15-11(17)8-19-23(14)15;1-10(2)19-16(23)21-14-8-13(11-6-4-3-5-7-11)20-15-12(17)9-18-22(14)15/h1-10H,11H2,(H-,22,23,24,27,28);1-10H,(H,24,26);3-9H,1-2H3,(H2,20,22,24);3-10H,1-2H3,(H2,19,21,23)/p+1. The third-order valence-corrected chi connectivity index (χ3v) is 16.7. The summed E-state index contributed by atoms with van der Waals surface area (Å²) >= 11 is 19.9. The molecule has 0 fully saturated rings. The quantitative estimate of drug-likeness (QED) is 0.0417. The minimum absolute atomic E-state index is 0.00384. The van der Waals surface area contributed by atoms with Crippen molar-refractivity contribution in [1.82, 2.24) is 74.0 Å². The number of rotatable bonds is 13. The zero-order chi connectivity index (χ0) is 72.8. The average Bonchev–Trinajstić information content (AvgIpc) is 1.74. The lowest BCUT2D eigenvalue weighted by atomic mass is 10.1. The van der Waals surface area contributed by atoms with Gasteiger partial charge in [0.25, 0.3) is 0 Å². The molecule has 4 aromatic carbocycles. The van der Waals surface area contributed by atoms with Gasteiger partial charge in [0.05, 0.1) is 71.7 Å². The van der Waals surface area contributed by atoms with Crippen molar-refractivity contribution < 1.29 is 47.4 Å². The number of halogens is 7. The van der Waals surface area contributed by atoms with Crippen LogP contribution in [-0.4, -0.2) is 105 Å². The number of hydrogen-bond donors (Lipinski definition) is 7. The summed E-state index contributed by atoms with van der Waals surface area (Å²) in [6, 6.07) is 42.2. The molecule has 0 aliphatic carbocycles. The summed E-state index contributed by atoms with van der Waals surface area (Å²) in [6.45, 7) is 7.59. The molecule has 6 amide bonds. The molecule has 103 heavy (non-hydrogen) atoms. The van der Waals surface area contributed by atoms with E-state index in [0.717, 1.165) is 30.5 Å². The maximum absolute atomic E-state index is 14.2. The number of benzene rings is 4. The number of carbonyl (C=O) groups excluding carboxylic acids is 4. The van der Waals surface area contributed by atoms with Crippen LogP contribution in [0.5, 0.6) is 5.75 Å². The Bertz CT molecular complexity index is 5410. The van der Waals surface area contributed by atoms with Gasteiger partial charge in [-0.3, -0.25) is 31.5 Å². The molecule has 0 atom stereocenters. The average molecular weight is 1670 g/mol. The second-order valence-corrected chi connectivity index (χ2v) is 26.1. The van der Waals surface area contributed by atoms with Gasteiger partial charge in [-0.25, -0.2) is 47.9 Å². The van der Waals surface area contributed by atoms with Crippen LogP contribution in [0.25, 0.3) is 67.6 Å². The van der Waals surface area contributed by atoms with Gasteiger partial charge in [0.15, 0.2) is 28.3 Å². The summed E-state index contributed by atoms with van der Waals surface area (Å²) in [5.74, 6) is 1.03. The molecule has 34 heteroatoms. The Morgan fingerprint density at radius 2 is 0.893 bits per heavy atom. The molecule has 7 N–H and O–H groups in total. The second-order valence-electron chi connectivity index (χ2n) is 22.3. The van der Waals surface area contributed by atoms with Gasteiger partial charge in [0.2, 0.25) is 12.4 Å². The molecule has 0 saturated carbocycles. The number of carbonyl (C=O) groups is 4. The SMILES string of the molecule is CC(C)NC(=O)Nc1cc(-c2ccccc2)nc2c(Br)cnn12.CC(C)NC(=O)Nc1cc(-c2ccccc2Cl)nc2c(Br)cnn12.O=C(Nc1cc(-c2ccccc2F)nc2c(Br)cnn12)OCc1cc[n+](O)cc1.O=C(Nc1cc(-c2ccccc2F)nc2c(Br)cnn12)Oc1cccnc1. The summed E-state index contributed by atoms with van der Waals surface area (Å²) in [5, 5.41) is 43.1. The van der Waals surface area contributed by atoms with E-state index in [-0.39, 0.29) is 48.1 Å². The zero-order valence-corrected chi connectivity index (χ0v) is 61.3. The Morgan fingerprint density at radius 3 is 1.33 bits per heavy atom. The third-order valence-electron chi connectivity index (χ3n) is 14.1. The number of nitrogens with one attached hydrogen (secondary N) is 6. The Morgan fingerprint density at radius 1 is 0.495 bits per heavy atom. The maximum atomic E-state index is 14.2. The fraction of sp³-hybridized carbons (Fsp3) is 0.101. The van der Waals surface area contributed by atoms with E-state index in [2.05, 4.69) is 141 Å². The monoisotopic (exact) mass is 1670 g/mol. The van der Waals surface area contributed by atoms with Crippen LogP contribution in [0.15, 0.2) is 219 Å². The van der Waals surface area contributed by atoms with Gasteiger partial charge in [-0.05, 0) is 134 Å². The number of amides is 6. The lowest BCUT2D eigenvalue weighted by Gasteiger charge is -2.13. The van der Waals surface area contributed by atoms with E-state index in [4.69, 9.17) is 21.1 Å². The fourth-order valence-corrected chi connectivity index (χ4v) is 11.2.